The average Bonchev–Trinajstić information content (AvgIpc) is 2.39. The molecule has 0 fully saturated rings. The van der Waals surface area contributed by atoms with Gasteiger partial charge in [-0.2, -0.15) is 0 Å². The highest BCUT2D eigenvalue weighted by Crippen LogP contribution is 2.24. The van der Waals surface area contributed by atoms with Crippen LogP contribution >= 0.6 is 0 Å². The van der Waals surface area contributed by atoms with Crippen LogP contribution in [0.5, 0.6) is 0 Å². The first-order valence-electron chi connectivity index (χ1n) is 6.58. The molecule has 0 saturated carbocycles. The summed E-state index contributed by atoms with van der Waals surface area (Å²) in [5.41, 5.74) is 9.76. The first-order chi connectivity index (χ1) is 8.66. The lowest BCUT2D eigenvalue weighted by molar-refractivity contribution is 0.586. The fourth-order valence-corrected chi connectivity index (χ4v) is 2.33. The molecule has 2 aromatic rings. The molecule has 18 heavy (non-hydrogen) atoms. The van der Waals surface area contributed by atoms with E-state index in [1.165, 1.54) is 16.7 Å². The largest absolute Gasteiger partial charge is 0.328 e. The first kappa shape index (κ1) is 12.8. The van der Waals surface area contributed by atoms with Gasteiger partial charge in [-0.25, -0.2) is 0 Å². The molecule has 1 heteroatoms. The Balaban J connectivity index is 2.15. The SMILES string of the molecule is CC(N)CC(C)c1ccc(-c2ccccc2)cc1. The van der Waals surface area contributed by atoms with Crippen molar-refractivity contribution in [2.75, 3.05) is 0 Å². The molecular formula is C17H21N. The van der Waals surface area contributed by atoms with Gasteiger partial charge in [-0.05, 0) is 36.0 Å². The van der Waals surface area contributed by atoms with Gasteiger partial charge in [-0.1, -0.05) is 61.5 Å². The topological polar surface area (TPSA) is 26.0 Å². The van der Waals surface area contributed by atoms with E-state index >= 15 is 0 Å². The zero-order chi connectivity index (χ0) is 13.0. The highest BCUT2D eigenvalue weighted by molar-refractivity contribution is 5.63. The van der Waals surface area contributed by atoms with Gasteiger partial charge < -0.3 is 5.73 Å². The van der Waals surface area contributed by atoms with Gasteiger partial charge in [0.1, 0.15) is 0 Å². The summed E-state index contributed by atoms with van der Waals surface area (Å²) in [6.07, 6.45) is 1.03. The maximum absolute atomic E-state index is 5.85. The Morgan fingerprint density at radius 3 is 1.94 bits per heavy atom. The Hall–Kier alpha value is -1.60. The zero-order valence-corrected chi connectivity index (χ0v) is 11.1. The van der Waals surface area contributed by atoms with Crippen molar-refractivity contribution in [2.45, 2.75) is 32.2 Å². The zero-order valence-electron chi connectivity index (χ0n) is 11.1. The molecular weight excluding hydrogens is 218 g/mol. The minimum atomic E-state index is 0.258. The third kappa shape index (κ3) is 3.21. The molecule has 2 unspecified atom stereocenters. The number of nitrogens with two attached hydrogens (primary N) is 1. The maximum Gasteiger partial charge on any atom is 0.00162 e. The second-order valence-electron chi connectivity index (χ2n) is 5.10. The Labute approximate surface area is 110 Å². The number of hydrogen-bond acceptors (Lipinski definition) is 1. The van der Waals surface area contributed by atoms with Gasteiger partial charge >= 0.3 is 0 Å². The average molecular weight is 239 g/mol. The van der Waals surface area contributed by atoms with Crippen molar-refractivity contribution in [3.05, 3.63) is 60.2 Å². The molecule has 0 bridgehead atoms. The van der Waals surface area contributed by atoms with Gasteiger partial charge in [0.05, 0.1) is 0 Å². The van der Waals surface area contributed by atoms with Crippen molar-refractivity contribution in [3.63, 3.8) is 0 Å². The highest BCUT2D eigenvalue weighted by Gasteiger charge is 2.08. The van der Waals surface area contributed by atoms with E-state index in [-0.39, 0.29) is 6.04 Å². The summed E-state index contributed by atoms with van der Waals surface area (Å²) in [7, 11) is 0. The molecule has 0 aromatic heterocycles. The smallest absolute Gasteiger partial charge is 0.00162 e. The van der Waals surface area contributed by atoms with E-state index < -0.39 is 0 Å². The van der Waals surface area contributed by atoms with Crippen molar-refractivity contribution in [3.8, 4) is 11.1 Å². The summed E-state index contributed by atoms with van der Waals surface area (Å²) in [5.74, 6) is 0.523. The van der Waals surface area contributed by atoms with E-state index in [1.54, 1.807) is 0 Å². The Kier molecular flexibility index (Phi) is 4.16. The number of rotatable bonds is 4. The number of benzene rings is 2. The highest BCUT2D eigenvalue weighted by atomic mass is 14.6. The number of hydrogen-bond donors (Lipinski definition) is 1. The Morgan fingerprint density at radius 2 is 1.39 bits per heavy atom. The summed E-state index contributed by atoms with van der Waals surface area (Å²) in [6.45, 7) is 4.30. The molecule has 0 saturated heterocycles. The minimum absolute atomic E-state index is 0.258. The summed E-state index contributed by atoms with van der Waals surface area (Å²) in [4.78, 5) is 0. The molecule has 2 atom stereocenters. The third-order valence-corrected chi connectivity index (χ3v) is 3.31. The monoisotopic (exact) mass is 239 g/mol. The van der Waals surface area contributed by atoms with Gasteiger partial charge in [0.25, 0.3) is 0 Å². The summed E-state index contributed by atoms with van der Waals surface area (Å²) < 4.78 is 0. The van der Waals surface area contributed by atoms with Crippen LogP contribution in [-0.4, -0.2) is 6.04 Å². The van der Waals surface area contributed by atoms with Crippen LogP contribution in [0.15, 0.2) is 54.6 Å². The van der Waals surface area contributed by atoms with Crippen LogP contribution in [0.2, 0.25) is 0 Å². The van der Waals surface area contributed by atoms with E-state index in [1.807, 2.05) is 6.07 Å². The van der Waals surface area contributed by atoms with Crippen LogP contribution < -0.4 is 5.73 Å². The molecule has 94 valence electrons. The lowest BCUT2D eigenvalue weighted by atomic mass is 9.93. The molecule has 1 nitrogen and oxygen atoms in total. The summed E-state index contributed by atoms with van der Waals surface area (Å²) >= 11 is 0. The molecule has 2 aromatic carbocycles. The van der Waals surface area contributed by atoms with E-state index in [0.29, 0.717) is 5.92 Å². The van der Waals surface area contributed by atoms with E-state index in [2.05, 4.69) is 62.4 Å². The standard InChI is InChI=1S/C17H21N/c1-13(12-14(2)18)15-8-10-17(11-9-15)16-6-4-3-5-7-16/h3-11,13-14H,12,18H2,1-2H3. The Bertz CT molecular complexity index is 471. The fourth-order valence-electron chi connectivity index (χ4n) is 2.33. The van der Waals surface area contributed by atoms with Gasteiger partial charge in [0, 0.05) is 6.04 Å². The van der Waals surface area contributed by atoms with E-state index in [0.717, 1.165) is 6.42 Å². The normalized spacial score (nSPS) is 14.2. The quantitative estimate of drug-likeness (QED) is 0.850. The molecule has 0 aliphatic carbocycles. The van der Waals surface area contributed by atoms with Crippen LogP contribution in [0.1, 0.15) is 31.7 Å². The van der Waals surface area contributed by atoms with Crippen LogP contribution in [-0.2, 0) is 0 Å². The lowest BCUT2D eigenvalue weighted by Gasteiger charge is -2.14. The molecule has 0 aliphatic heterocycles. The van der Waals surface area contributed by atoms with E-state index in [9.17, 15) is 0 Å². The summed E-state index contributed by atoms with van der Waals surface area (Å²) in [5, 5.41) is 0. The van der Waals surface area contributed by atoms with Gasteiger partial charge in [-0.3, -0.25) is 0 Å². The molecule has 2 N–H and O–H groups in total. The van der Waals surface area contributed by atoms with Crippen LogP contribution in [0.3, 0.4) is 0 Å². The maximum atomic E-state index is 5.85. The third-order valence-electron chi connectivity index (χ3n) is 3.31. The Morgan fingerprint density at radius 1 is 0.833 bits per heavy atom. The molecule has 0 spiro atoms. The minimum Gasteiger partial charge on any atom is -0.328 e. The molecule has 0 aliphatic rings. The fraction of sp³-hybridized carbons (Fsp3) is 0.294. The van der Waals surface area contributed by atoms with Crippen molar-refractivity contribution in [1.82, 2.24) is 0 Å². The molecule has 2 rings (SSSR count). The van der Waals surface area contributed by atoms with Crippen LogP contribution in [0.25, 0.3) is 11.1 Å². The molecule has 0 heterocycles. The van der Waals surface area contributed by atoms with Crippen molar-refractivity contribution in [1.29, 1.82) is 0 Å². The summed E-state index contributed by atoms with van der Waals surface area (Å²) in [6, 6.07) is 19.6. The van der Waals surface area contributed by atoms with Crippen molar-refractivity contribution < 1.29 is 0 Å². The van der Waals surface area contributed by atoms with Crippen molar-refractivity contribution >= 4 is 0 Å². The predicted octanol–water partition coefficient (Wildman–Crippen LogP) is 4.19. The van der Waals surface area contributed by atoms with Gasteiger partial charge in [0.2, 0.25) is 0 Å². The van der Waals surface area contributed by atoms with E-state index in [4.69, 9.17) is 5.73 Å². The molecule has 0 radical (unpaired) electrons. The van der Waals surface area contributed by atoms with Crippen LogP contribution in [0, 0.1) is 0 Å². The predicted molar refractivity (Wildman–Crippen MR) is 78.6 cm³/mol. The van der Waals surface area contributed by atoms with Gasteiger partial charge in [-0.15, -0.1) is 0 Å². The van der Waals surface area contributed by atoms with Gasteiger partial charge in [0.15, 0.2) is 0 Å². The van der Waals surface area contributed by atoms with Crippen molar-refractivity contribution in [2.24, 2.45) is 5.73 Å². The molecule has 0 amide bonds. The van der Waals surface area contributed by atoms with Crippen LogP contribution in [0.4, 0.5) is 0 Å². The second-order valence-corrected chi connectivity index (χ2v) is 5.10. The second kappa shape index (κ2) is 5.83. The first-order valence-corrected chi connectivity index (χ1v) is 6.58. The lowest BCUT2D eigenvalue weighted by Crippen LogP contribution is -2.17.